The number of rotatable bonds is 6. The van der Waals surface area contributed by atoms with Crippen LogP contribution in [0.1, 0.15) is 36.6 Å². The van der Waals surface area contributed by atoms with E-state index in [4.69, 9.17) is 9.47 Å². The van der Waals surface area contributed by atoms with Crippen LogP contribution < -0.4 is 14.8 Å². The Hall–Kier alpha value is -2.38. The van der Waals surface area contributed by atoms with Crippen molar-refractivity contribution in [2.24, 2.45) is 0 Å². The zero-order valence-electron chi connectivity index (χ0n) is 16.7. The summed E-state index contributed by atoms with van der Waals surface area (Å²) in [6, 6.07) is 6.04. The first-order valence-electron chi connectivity index (χ1n) is 9.43. The van der Waals surface area contributed by atoms with Crippen LogP contribution >= 0.6 is 11.3 Å². The van der Waals surface area contributed by atoms with Crippen LogP contribution in [0.5, 0.6) is 11.5 Å². The van der Waals surface area contributed by atoms with Gasteiger partial charge in [0, 0.05) is 31.1 Å². The normalized spacial score (nSPS) is 16.6. The Morgan fingerprint density at radius 2 is 2.07 bits per heavy atom. The summed E-state index contributed by atoms with van der Waals surface area (Å²) in [4.78, 5) is 19.1. The van der Waals surface area contributed by atoms with Gasteiger partial charge in [0.2, 0.25) is 5.91 Å². The lowest BCUT2D eigenvalue weighted by atomic mass is 10.0. The van der Waals surface area contributed by atoms with Gasteiger partial charge in [0.1, 0.15) is 0 Å². The maximum atomic E-state index is 11.1. The van der Waals surface area contributed by atoms with Crippen molar-refractivity contribution in [3.8, 4) is 11.5 Å². The summed E-state index contributed by atoms with van der Waals surface area (Å²) in [5.41, 5.74) is 2.60. The standard InChI is InChI=1S/C21H27N3O3S/c1-15(25)23-21-22-13-18(28-21)14-24-9-4-5-16(8-10-24)11-17-6-7-19(26-2)20(12-17)27-3/h6-7,11-13H,4-5,8-10,14H2,1-3H3,(H,22,23,25)/b16-11-. The fraction of sp³-hybridized carbons (Fsp3) is 0.429. The Morgan fingerprint density at radius 1 is 1.25 bits per heavy atom. The number of likely N-dealkylation sites (tertiary alicyclic amines) is 1. The number of carbonyl (C=O) groups excluding carboxylic acids is 1. The highest BCUT2D eigenvalue weighted by molar-refractivity contribution is 7.15. The molecule has 1 aromatic carbocycles. The van der Waals surface area contributed by atoms with Gasteiger partial charge < -0.3 is 14.8 Å². The average molecular weight is 402 g/mol. The highest BCUT2D eigenvalue weighted by Crippen LogP contribution is 2.30. The van der Waals surface area contributed by atoms with Crippen molar-refractivity contribution in [2.45, 2.75) is 32.7 Å². The number of nitrogens with one attached hydrogen (secondary N) is 1. The molecule has 1 N–H and O–H groups in total. The Balaban J connectivity index is 1.60. The highest BCUT2D eigenvalue weighted by Gasteiger charge is 2.14. The summed E-state index contributed by atoms with van der Waals surface area (Å²) in [5, 5.41) is 3.42. The van der Waals surface area contributed by atoms with Crippen molar-refractivity contribution in [3.63, 3.8) is 0 Å². The van der Waals surface area contributed by atoms with Gasteiger partial charge in [0.05, 0.1) is 14.2 Å². The van der Waals surface area contributed by atoms with E-state index in [1.165, 1.54) is 17.4 Å². The van der Waals surface area contributed by atoms with Crippen molar-refractivity contribution in [1.82, 2.24) is 9.88 Å². The second-order valence-corrected chi connectivity index (χ2v) is 7.97. The first-order valence-corrected chi connectivity index (χ1v) is 10.2. The molecule has 3 rings (SSSR count). The van der Waals surface area contributed by atoms with E-state index in [0.29, 0.717) is 5.13 Å². The molecule has 1 amide bonds. The maximum Gasteiger partial charge on any atom is 0.223 e. The van der Waals surface area contributed by atoms with E-state index in [1.807, 2.05) is 18.3 Å². The topological polar surface area (TPSA) is 63.7 Å². The van der Waals surface area contributed by atoms with E-state index in [0.717, 1.165) is 56.0 Å². The van der Waals surface area contributed by atoms with Gasteiger partial charge in [-0.2, -0.15) is 0 Å². The molecule has 1 aromatic heterocycles. The number of aromatic nitrogens is 1. The second kappa shape index (κ2) is 9.71. The van der Waals surface area contributed by atoms with Gasteiger partial charge in [-0.3, -0.25) is 9.69 Å². The summed E-state index contributed by atoms with van der Waals surface area (Å²) in [5.74, 6) is 1.42. The predicted molar refractivity (Wildman–Crippen MR) is 113 cm³/mol. The van der Waals surface area contributed by atoms with Crippen molar-refractivity contribution in [1.29, 1.82) is 0 Å². The number of carbonyl (C=O) groups is 1. The van der Waals surface area contributed by atoms with E-state index in [-0.39, 0.29) is 5.91 Å². The molecule has 2 heterocycles. The third-order valence-electron chi connectivity index (χ3n) is 4.72. The molecule has 7 heteroatoms. The quantitative estimate of drug-likeness (QED) is 0.786. The van der Waals surface area contributed by atoms with E-state index in [1.54, 1.807) is 25.6 Å². The molecule has 1 aliphatic rings. The van der Waals surface area contributed by atoms with Crippen LogP contribution in [0, 0.1) is 0 Å². The number of hydrogen-bond acceptors (Lipinski definition) is 6. The second-order valence-electron chi connectivity index (χ2n) is 6.86. The molecular formula is C21H27N3O3S. The van der Waals surface area contributed by atoms with Crippen LogP contribution in [0.4, 0.5) is 5.13 Å². The van der Waals surface area contributed by atoms with Gasteiger partial charge in [-0.05, 0) is 43.5 Å². The maximum absolute atomic E-state index is 11.1. The SMILES string of the molecule is COc1ccc(/C=C2/CCCN(Cc3cnc(NC(C)=O)s3)CC2)cc1OC. The number of anilines is 1. The molecule has 1 fully saturated rings. The van der Waals surface area contributed by atoms with E-state index in [2.05, 4.69) is 27.3 Å². The first kappa shape index (κ1) is 20.4. The van der Waals surface area contributed by atoms with Crippen LogP contribution in [0.3, 0.4) is 0 Å². The molecule has 0 aliphatic carbocycles. The van der Waals surface area contributed by atoms with E-state index < -0.39 is 0 Å². The fourth-order valence-corrected chi connectivity index (χ4v) is 4.26. The minimum Gasteiger partial charge on any atom is -0.493 e. The van der Waals surface area contributed by atoms with Crippen LogP contribution in [-0.2, 0) is 11.3 Å². The average Bonchev–Trinajstić information content (AvgIpc) is 2.99. The zero-order valence-corrected chi connectivity index (χ0v) is 17.5. The lowest BCUT2D eigenvalue weighted by molar-refractivity contribution is -0.114. The molecule has 0 unspecified atom stereocenters. The van der Waals surface area contributed by atoms with Crippen LogP contribution in [-0.4, -0.2) is 43.1 Å². The molecule has 0 bridgehead atoms. The first-order chi connectivity index (χ1) is 13.6. The van der Waals surface area contributed by atoms with Gasteiger partial charge in [-0.1, -0.05) is 17.7 Å². The molecule has 0 atom stereocenters. The summed E-state index contributed by atoms with van der Waals surface area (Å²) < 4.78 is 10.7. The molecule has 0 radical (unpaired) electrons. The number of benzene rings is 1. The Kier molecular flexibility index (Phi) is 7.06. The summed E-state index contributed by atoms with van der Waals surface area (Å²) in [6.45, 7) is 4.46. The summed E-state index contributed by atoms with van der Waals surface area (Å²) in [7, 11) is 3.31. The molecule has 1 saturated heterocycles. The van der Waals surface area contributed by atoms with Crippen LogP contribution in [0.15, 0.2) is 30.0 Å². The van der Waals surface area contributed by atoms with E-state index in [9.17, 15) is 4.79 Å². The van der Waals surface area contributed by atoms with Gasteiger partial charge in [-0.15, -0.1) is 11.3 Å². The molecule has 0 spiro atoms. The summed E-state index contributed by atoms with van der Waals surface area (Å²) >= 11 is 1.55. The smallest absolute Gasteiger partial charge is 0.223 e. The number of amides is 1. The number of methoxy groups -OCH3 is 2. The van der Waals surface area contributed by atoms with Crippen LogP contribution in [0.2, 0.25) is 0 Å². The Morgan fingerprint density at radius 3 is 2.82 bits per heavy atom. The number of ether oxygens (including phenoxy) is 2. The largest absolute Gasteiger partial charge is 0.493 e. The van der Waals surface area contributed by atoms with Crippen molar-refractivity contribution < 1.29 is 14.3 Å². The lowest BCUT2D eigenvalue weighted by Gasteiger charge is -2.18. The van der Waals surface area contributed by atoms with Gasteiger partial charge in [-0.25, -0.2) is 4.98 Å². The molecule has 150 valence electrons. The van der Waals surface area contributed by atoms with E-state index >= 15 is 0 Å². The molecule has 1 aliphatic heterocycles. The Labute approximate surface area is 170 Å². The summed E-state index contributed by atoms with van der Waals surface area (Å²) in [6.07, 6.45) is 7.42. The highest BCUT2D eigenvalue weighted by atomic mass is 32.1. The third-order valence-corrected chi connectivity index (χ3v) is 5.61. The minimum absolute atomic E-state index is 0.0828. The number of thiazole rings is 1. The molecular weight excluding hydrogens is 374 g/mol. The van der Waals surface area contributed by atoms with Gasteiger partial charge >= 0.3 is 0 Å². The van der Waals surface area contributed by atoms with Crippen molar-refractivity contribution in [2.75, 3.05) is 32.6 Å². The van der Waals surface area contributed by atoms with Crippen molar-refractivity contribution >= 4 is 28.5 Å². The number of hydrogen-bond donors (Lipinski definition) is 1. The molecule has 0 saturated carbocycles. The number of nitrogens with zero attached hydrogens (tertiary/aromatic N) is 2. The van der Waals surface area contributed by atoms with Gasteiger partial charge in [0.15, 0.2) is 16.6 Å². The zero-order chi connectivity index (χ0) is 19.9. The fourth-order valence-electron chi connectivity index (χ4n) is 3.36. The minimum atomic E-state index is -0.0828. The molecule has 2 aromatic rings. The molecule has 28 heavy (non-hydrogen) atoms. The van der Waals surface area contributed by atoms with Crippen LogP contribution in [0.25, 0.3) is 6.08 Å². The molecule has 6 nitrogen and oxygen atoms in total. The lowest BCUT2D eigenvalue weighted by Crippen LogP contribution is -2.23. The monoisotopic (exact) mass is 401 g/mol. The predicted octanol–water partition coefficient (Wildman–Crippen LogP) is 4.19. The third kappa shape index (κ3) is 5.56. The van der Waals surface area contributed by atoms with Crippen molar-refractivity contribution in [3.05, 3.63) is 40.4 Å². The van der Waals surface area contributed by atoms with Gasteiger partial charge in [0.25, 0.3) is 0 Å². The Bertz CT molecular complexity index is 847.